The molecule has 3 aromatic rings. The largest absolute Gasteiger partial charge is 0.419 e. The molecule has 0 unspecified atom stereocenters. The number of para-hydroxylation sites is 1. The Kier molecular flexibility index (Phi) is 6.55. The fraction of sp³-hybridized carbons (Fsp3) is 0.318. The van der Waals surface area contributed by atoms with Crippen molar-refractivity contribution in [2.75, 3.05) is 18.4 Å². The van der Waals surface area contributed by atoms with E-state index in [9.17, 15) is 4.79 Å². The van der Waals surface area contributed by atoms with Crippen LogP contribution in [0, 0.1) is 13.8 Å². The Morgan fingerprint density at radius 1 is 1.11 bits per heavy atom. The van der Waals surface area contributed by atoms with Gasteiger partial charge in [0.2, 0.25) is 17.7 Å². The van der Waals surface area contributed by atoms with Gasteiger partial charge in [-0.1, -0.05) is 42.8 Å². The minimum atomic E-state index is -0.0545. The van der Waals surface area contributed by atoms with Gasteiger partial charge in [0.1, 0.15) is 0 Å². The molecule has 0 aliphatic rings. The fourth-order valence-corrected chi connectivity index (χ4v) is 3.04. The molecule has 0 atom stereocenters. The summed E-state index contributed by atoms with van der Waals surface area (Å²) in [5.74, 6) is 0.953. The zero-order valence-electron chi connectivity index (χ0n) is 16.6. The number of amides is 1. The van der Waals surface area contributed by atoms with Gasteiger partial charge in [0.05, 0.1) is 13.1 Å². The van der Waals surface area contributed by atoms with Crippen LogP contribution in [0.1, 0.15) is 30.4 Å². The van der Waals surface area contributed by atoms with Gasteiger partial charge in [0, 0.05) is 11.3 Å². The smallest absolute Gasteiger partial charge is 0.247 e. The third-order valence-corrected chi connectivity index (χ3v) is 4.42. The first-order valence-corrected chi connectivity index (χ1v) is 9.52. The van der Waals surface area contributed by atoms with Crippen molar-refractivity contribution in [1.82, 2.24) is 15.1 Å². The molecule has 0 aliphatic heterocycles. The van der Waals surface area contributed by atoms with Crippen molar-refractivity contribution in [3.63, 3.8) is 0 Å². The van der Waals surface area contributed by atoms with Crippen LogP contribution < -0.4 is 5.32 Å². The van der Waals surface area contributed by atoms with E-state index in [0.717, 1.165) is 35.3 Å². The lowest BCUT2D eigenvalue weighted by Crippen LogP contribution is -2.33. The molecule has 1 amide bonds. The third-order valence-electron chi connectivity index (χ3n) is 4.42. The van der Waals surface area contributed by atoms with Gasteiger partial charge >= 0.3 is 0 Å². The van der Waals surface area contributed by atoms with E-state index in [1.807, 2.05) is 67.3 Å². The first-order chi connectivity index (χ1) is 13.5. The highest BCUT2D eigenvalue weighted by Gasteiger charge is 2.16. The van der Waals surface area contributed by atoms with Gasteiger partial charge in [0.15, 0.2) is 0 Å². The highest BCUT2D eigenvalue weighted by atomic mass is 16.4. The first kappa shape index (κ1) is 19.8. The molecule has 146 valence electrons. The molecule has 6 nitrogen and oxygen atoms in total. The average molecular weight is 378 g/mol. The lowest BCUT2D eigenvalue weighted by molar-refractivity contribution is -0.117. The Balaban J connectivity index is 1.64. The van der Waals surface area contributed by atoms with E-state index in [4.69, 9.17) is 4.42 Å². The van der Waals surface area contributed by atoms with Crippen molar-refractivity contribution in [3.8, 4) is 11.5 Å². The Bertz CT molecular complexity index is 936. The number of nitrogens with one attached hydrogen (secondary N) is 1. The molecule has 2 aromatic carbocycles. The van der Waals surface area contributed by atoms with Crippen molar-refractivity contribution in [2.45, 2.75) is 33.7 Å². The normalized spacial score (nSPS) is 11.0. The second kappa shape index (κ2) is 9.28. The zero-order chi connectivity index (χ0) is 19.9. The summed E-state index contributed by atoms with van der Waals surface area (Å²) in [6.45, 7) is 7.56. The number of hydrogen-bond donors (Lipinski definition) is 1. The van der Waals surface area contributed by atoms with Crippen LogP contribution in [0.25, 0.3) is 11.5 Å². The molecule has 1 aromatic heterocycles. The topological polar surface area (TPSA) is 71.3 Å². The van der Waals surface area contributed by atoms with Crippen LogP contribution >= 0.6 is 0 Å². The lowest BCUT2D eigenvalue weighted by Gasteiger charge is -2.19. The molecule has 0 fully saturated rings. The Hall–Kier alpha value is -2.99. The van der Waals surface area contributed by atoms with Crippen LogP contribution in [-0.4, -0.2) is 34.1 Å². The number of aromatic nitrogens is 2. The summed E-state index contributed by atoms with van der Waals surface area (Å²) in [7, 11) is 0. The Morgan fingerprint density at radius 2 is 1.93 bits per heavy atom. The van der Waals surface area contributed by atoms with Crippen LogP contribution in [0.15, 0.2) is 52.9 Å². The van der Waals surface area contributed by atoms with Gasteiger partial charge in [-0.3, -0.25) is 9.69 Å². The van der Waals surface area contributed by atoms with Gasteiger partial charge in [-0.15, -0.1) is 10.2 Å². The van der Waals surface area contributed by atoms with E-state index in [1.54, 1.807) is 0 Å². The summed E-state index contributed by atoms with van der Waals surface area (Å²) in [6.07, 6.45) is 0.927. The van der Waals surface area contributed by atoms with Crippen LogP contribution in [-0.2, 0) is 11.3 Å². The van der Waals surface area contributed by atoms with Crippen LogP contribution in [0.5, 0.6) is 0 Å². The number of hydrogen-bond acceptors (Lipinski definition) is 5. The molecular formula is C22H26N4O2. The summed E-state index contributed by atoms with van der Waals surface area (Å²) in [5, 5.41) is 11.3. The molecule has 3 rings (SSSR count). The Morgan fingerprint density at radius 3 is 2.68 bits per heavy atom. The van der Waals surface area contributed by atoms with Crippen LogP contribution in [0.3, 0.4) is 0 Å². The van der Waals surface area contributed by atoms with Gasteiger partial charge in [0.25, 0.3) is 0 Å². The number of carbonyl (C=O) groups is 1. The SMILES string of the molecule is CCCN(CC(=O)Nc1ccccc1C)Cc1nnc(-c2cccc(C)c2)o1. The lowest BCUT2D eigenvalue weighted by atomic mass is 10.1. The van der Waals surface area contributed by atoms with Crippen LogP contribution in [0.2, 0.25) is 0 Å². The summed E-state index contributed by atoms with van der Waals surface area (Å²) in [6, 6.07) is 15.7. The van der Waals surface area contributed by atoms with Crippen molar-refractivity contribution < 1.29 is 9.21 Å². The third kappa shape index (κ3) is 5.27. The number of anilines is 1. The second-order valence-corrected chi connectivity index (χ2v) is 6.94. The molecule has 0 saturated carbocycles. The molecule has 1 heterocycles. The van der Waals surface area contributed by atoms with Crippen molar-refractivity contribution >= 4 is 11.6 Å². The second-order valence-electron chi connectivity index (χ2n) is 6.94. The summed E-state index contributed by atoms with van der Waals surface area (Å²) >= 11 is 0. The van der Waals surface area contributed by atoms with E-state index in [-0.39, 0.29) is 12.5 Å². The highest BCUT2D eigenvalue weighted by molar-refractivity contribution is 5.92. The molecule has 6 heteroatoms. The van der Waals surface area contributed by atoms with E-state index in [0.29, 0.717) is 18.3 Å². The summed E-state index contributed by atoms with van der Waals surface area (Å²) in [4.78, 5) is 14.5. The van der Waals surface area contributed by atoms with Gasteiger partial charge in [-0.2, -0.15) is 0 Å². The maximum absolute atomic E-state index is 12.5. The molecule has 1 N–H and O–H groups in total. The maximum atomic E-state index is 12.5. The van der Waals surface area contributed by atoms with E-state index < -0.39 is 0 Å². The predicted octanol–water partition coefficient (Wildman–Crippen LogP) is 4.20. The molecule has 0 bridgehead atoms. The van der Waals surface area contributed by atoms with Gasteiger partial charge in [-0.05, 0) is 50.6 Å². The summed E-state index contributed by atoms with van der Waals surface area (Å²) < 4.78 is 5.82. The summed E-state index contributed by atoms with van der Waals surface area (Å²) in [5.41, 5.74) is 3.91. The number of nitrogens with zero attached hydrogens (tertiary/aromatic N) is 3. The van der Waals surface area contributed by atoms with Crippen molar-refractivity contribution in [2.24, 2.45) is 0 Å². The molecule has 0 spiro atoms. The molecule has 0 saturated heterocycles. The van der Waals surface area contributed by atoms with E-state index in [2.05, 4.69) is 22.4 Å². The van der Waals surface area contributed by atoms with Crippen LogP contribution in [0.4, 0.5) is 5.69 Å². The predicted molar refractivity (Wildman–Crippen MR) is 110 cm³/mol. The average Bonchev–Trinajstić information content (AvgIpc) is 3.12. The maximum Gasteiger partial charge on any atom is 0.247 e. The van der Waals surface area contributed by atoms with Crippen molar-refractivity contribution in [3.05, 3.63) is 65.5 Å². The fourth-order valence-electron chi connectivity index (χ4n) is 3.04. The quantitative estimate of drug-likeness (QED) is 0.636. The molecule has 28 heavy (non-hydrogen) atoms. The molecule has 0 aliphatic carbocycles. The highest BCUT2D eigenvalue weighted by Crippen LogP contribution is 2.19. The number of carbonyl (C=O) groups excluding carboxylic acids is 1. The number of rotatable bonds is 8. The monoisotopic (exact) mass is 378 g/mol. The van der Waals surface area contributed by atoms with E-state index >= 15 is 0 Å². The minimum absolute atomic E-state index is 0.0545. The molecule has 0 radical (unpaired) electrons. The first-order valence-electron chi connectivity index (χ1n) is 9.52. The van der Waals surface area contributed by atoms with Gasteiger partial charge in [-0.25, -0.2) is 0 Å². The standard InChI is InChI=1S/C22H26N4O2/c1-4-12-26(14-20(27)23-19-11-6-5-9-17(19)3)15-21-24-25-22(28-21)18-10-7-8-16(2)13-18/h5-11,13H,4,12,14-15H2,1-3H3,(H,23,27). The Labute approximate surface area is 165 Å². The van der Waals surface area contributed by atoms with E-state index in [1.165, 1.54) is 0 Å². The number of benzene rings is 2. The number of aryl methyl sites for hydroxylation is 2. The van der Waals surface area contributed by atoms with Crippen molar-refractivity contribution in [1.29, 1.82) is 0 Å². The zero-order valence-corrected chi connectivity index (χ0v) is 16.6. The van der Waals surface area contributed by atoms with Gasteiger partial charge < -0.3 is 9.73 Å². The molecular weight excluding hydrogens is 352 g/mol. The minimum Gasteiger partial charge on any atom is -0.419 e.